The monoisotopic (exact) mass is 1960 g/mol. The van der Waals surface area contributed by atoms with E-state index >= 15 is 0 Å². The lowest BCUT2D eigenvalue weighted by Gasteiger charge is -2.10. The van der Waals surface area contributed by atoms with Gasteiger partial charge in [0.1, 0.15) is 61.5 Å². The molecule has 0 radical (unpaired) electrons. The SMILES string of the molecule is Cc1cc(OCCCc2cn(CC(=O)O)c3cc(Cl)ccc23)cc(C)c1Cl.Cc1cc(OCCCc2cn(CC(=O)O)c3cccc(Cl)c23)cc(C)c1Cl.O=C(O)Cn1cc(CCCOc2cccc3ccccc23)c2c(Cl)cccc21.O=C(O)Cn1cc(CCCOc2cccc3ccccc23)c2ccc(Cl)cc21.O=C(O)Cn1cc(CCCOc2cccc3ccccc23)c2ccccc21. The summed E-state index contributed by atoms with van der Waals surface area (Å²) in [5, 5.41) is 61.5. The van der Waals surface area contributed by atoms with Crippen LogP contribution >= 0.6 is 69.6 Å². The van der Waals surface area contributed by atoms with Crippen LogP contribution in [0.3, 0.4) is 0 Å². The summed E-state index contributed by atoms with van der Waals surface area (Å²) in [5.41, 5.74) is 13.8. The van der Waals surface area contributed by atoms with Crippen LogP contribution in [0.2, 0.25) is 30.1 Å². The number of carboxylic acid groups (broad SMARTS) is 5. The summed E-state index contributed by atoms with van der Waals surface area (Å²) in [6.07, 6.45) is 17.6. The second kappa shape index (κ2) is 47.3. The largest absolute Gasteiger partial charge is 0.494 e. The highest BCUT2D eigenvalue weighted by atomic mass is 35.5. The lowest BCUT2D eigenvalue weighted by Crippen LogP contribution is -2.07. The van der Waals surface area contributed by atoms with Gasteiger partial charge < -0.3 is 72.1 Å². The molecule has 0 atom stereocenters. The van der Waals surface area contributed by atoms with Gasteiger partial charge >= 0.3 is 29.8 Å². The molecule has 18 rings (SSSR count). The third-order valence-electron chi connectivity index (χ3n) is 23.5. The second-order valence-corrected chi connectivity index (χ2v) is 35.9. The van der Waals surface area contributed by atoms with Gasteiger partial charge in [-0.15, -0.1) is 0 Å². The van der Waals surface area contributed by atoms with E-state index < -0.39 is 29.8 Å². The van der Waals surface area contributed by atoms with Gasteiger partial charge in [-0.3, -0.25) is 24.0 Å². The van der Waals surface area contributed by atoms with Gasteiger partial charge in [0.05, 0.1) is 65.1 Å². The maximum atomic E-state index is 11.2. The number of halogens is 6. The maximum absolute atomic E-state index is 11.2. The summed E-state index contributed by atoms with van der Waals surface area (Å²) in [6.45, 7) is 10.4. The molecule has 0 aliphatic rings. The van der Waals surface area contributed by atoms with E-state index in [-0.39, 0.29) is 32.7 Å². The van der Waals surface area contributed by atoms with E-state index in [0.29, 0.717) is 53.1 Å². The molecule has 20 nitrogen and oxygen atoms in total. The van der Waals surface area contributed by atoms with E-state index in [9.17, 15) is 24.0 Å². The third-order valence-corrected chi connectivity index (χ3v) is 25.7. The molecule has 5 heterocycles. The van der Waals surface area contributed by atoms with Crippen molar-refractivity contribution in [3.8, 4) is 28.7 Å². The second-order valence-electron chi connectivity index (χ2n) is 33.4. The van der Waals surface area contributed by atoms with Crippen molar-refractivity contribution in [2.45, 2.75) is 125 Å². The lowest BCUT2D eigenvalue weighted by atomic mass is 10.1. The van der Waals surface area contributed by atoms with Gasteiger partial charge in [0.2, 0.25) is 0 Å². The van der Waals surface area contributed by atoms with Crippen LogP contribution in [0, 0.1) is 27.7 Å². The molecule has 18 aromatic rings. The van der Waals surface area contributed by atoms with E-state index in [2.05, 4.69) is 60.7 Å². The quantitative estimate of drug-likeness (QED) is 0.0231. The van der Waals surface area contributed by atoms with Crippen LogP contribution in [-0.2, 0) is 88.8 Å². The van der Waals surface area contributed by atoms with Crippen LogP contribution in [0.15, 0.2) is 280 Å². The van der Waals surface area contributed by atoms with Crippen LogP contribution in [-0.4, -0.2) is 111 Å². The van der Waals surface area contributed by atoms with Gasteiger partial charge in [-0.2, -0.15) is 0 Å². The molecule has 0 spiro atoms. The number of benzene rings is 13. The molecule has 704 valence electrons. The first kappa shape index (κ1) is 99.4. The molecule has 0 unspecified atom stereocenters. The highest BCUT2D eigenvalue weighted by Gasteiger charge is 2.20. The van der Waals surface area contributed by atoms with E-state index in [0.717, 1.165) is 235 Å². The number of rotatable bonds is 35. The number of ether oxygens (including phenoxy) is 5. The highest BCUT2D eigenvalue weighted by molar-refractivity contribution is 6.36. The van der Waals surface area contributed by atoms with Gasteiger partial charge in [0, 0.05) is 99.7 Å². The number of carbonyl (C=O) groups is 5. The van der Waals surface area contributed by atoms with Crippen molar-refractivity contribution in [3.05, 3.63) is 360 Å². The first-order chi connectivity index (χ1) is 66.2. The minimum atomic E-state index is -0.879. The van der Waals surface area contributed by atoms with E-state index in [1.54, 1.807) is 28.9 Å². The number of aryl methyl sites for hydroxylation is 9. The van der Waals surface area contributed by atoms with Gasteiger partial charge in [-0.05, 0) is 255 Å². The number of carboxylic acids is 5. The summed E-state index contributed by atoms with van der Waals surface area (Å²) in [7, 11) is 0. The van der Waals surface area contributed by atoms with Crippen molar-refractivity contribution >= 4 is 186 Å². The van der Waals surface area contributed by atoms with Gasteiger partial charge in [0.25, 0.3) is 0 Å². The molecule has 0 saturated carbocycles. The fraction of sp³-hybridized carbons (Fsp3) is 0.216. The molecule has 137 heavy (non-hydrogen) atoms. The van der Waals surface area contributed by atoms with Crippen LogP contribution in [0.4, 0.5) is 0 Å². The predicted molar refractivity (Wildman–Crippen MR) is 551 cm³/mol. The first-order valence-electron chi connectivity index (χ1n) is 45.0. The Hall–Kier alpha value is -13.6. The maximum Gasteiger partial charge on any atom is 0.323 e. The number of nitrogens with zero attached hydrogens (tertiary/aromatic N) is 5. The zero-order valence-electron chi connectivity index (χ0n) is 76.0. The number of hydrogen-bond acceptors (Lipinski definition) is 10. The molecule has 0 aliphatic carbocycles. The standard InChI is InChI=1S/2C23H20ClNO3.C23H21NO3.2C21H21Cl2NO3/c24-19-10-4-11-20-23(19)17(14-25(20)15-22(26)27)8-5-13-28-21-12-3-7-16-6-1-2-9-18(16)21;24-18-10-11-19-17(14-25(15-23(26)27)21(19)13-18)7-4-12-28-22-9-3-6-16-5-1-2-8-20(16)22;25-23(26)16-24-15-18(19-10-3-4-12-21(19)24)9-6-14-27-22-13-5-8-17-7-1-2-11-20(17)22;1-13-9-16(10-14(2)21(13)23)27-8-4-5-15-11-24(12-19(25)26)18-7-3-6-17(22)20(15)18;1-13-8-17(9-14(2)21(13)23)27-7-3-4-15-11-24(12-20(25)26)19-10-16(22)5-6-18(15)19/h1-4,6-7,9-12,14H,5,8,13,15H2,(H,26,27);1-3,5-6,8-11,13-14H,4,7,12,15H2,(H,26,27);1-5,7-8,10-13,15H,6,9,14,16H2,(H,25,26);3,6-7,9-11H,4-5,8,12H2,1-2H3,(H,25,26);5-6,8-11H,3-4,7,12H2,1-2H3,(H,25,26). The number of hydrogen-bond donors (Lipinski definition) is 5. The molecule has 0 fully saturated rings. The normalized spacial score (nSPS) is 11.1. The van der Waals surface area contributed by atoms with Gasteiger partial charge in [-0.1, -0.05) is 221 Å². The number of aromatic nitrogens is 5. The van der Waals surface area contributed by atoms with Crippen LogP contribution in [0.1, 0.15) is 82.2 Å². The molecule has 13 aromatic carbocycles. The zero-order chi connectivity index (χ0) is 96.8. The average Bonchev–Trinajstić information content (AvgIpc) is 1.39. The molecule has 0 saturated heterocycles. The minimum absolute atomic E-state index is 0.0208. The Morgan fingerprint density at radius 2 is 0.518 bits per heavy atom. The molecule has 0 bridgehead atoms. The number of fused-ring (bicyclic) bond motifs is 8. The predicted octanol–water partition coefficient (Wildman–Crippen LogP) is 27.3. The summed E-state index contributed by atoms with van der Waals surface area (Å²) in [6, 6.07) is 80.8. The van der Waals surface area contributed by atoms with Crippen molar-refractivity contribution in [1.29, 1.82) is 0 Å². The first-order valence-corrected chi connectivity index (χ1v) is 47.3. The zero-order valence-corrected chi connectivity index (χ0v) is 80.6. The number of para-hydroxylation sites is 1. The van der Waals surface area contributed by atoms with Crippen LogP contribution in [0.25, 0.3) is 86.8 Å². The van der Waals surface area contributed by atoms with Crippen LogP contribution in [0.5, 0.6) is 28.7 Å². The Morgan fingerprint density at radius 1 is 0.263 bits per heavy atom. The highest BCUT2D eigenvalue weighted by Crippen LogP contribution is 2.37. The molecular formula is C111H103Cl6N5O15. The van der Waals surface area contributed by atoms with Crippen LogP contribution < -0.4 is 23.7 Å². The van der Waals surface area contributed by atoms with Crippen molar-refractivity contribution in [1.82, 2.24) is 22.8 Å². The van der Waals surface area contributed by atoms with Gasteiger partial charge in [0.15, 0.2) is 0 Å². The van der Waals surface area contributed by atoms with E-state index in [4.69, 9.17) is 119 Å². The smallest absolute Gasteiger partial charge is 0.323 e. The van der Waals surface area contributed by atoms with Crippen molar-refractivity contribution in [3.63, 3.8) is 0 Å². The Morgan fingerprint density at radius 3 is 0.854 bits per heavy atom. The minimum Gasteiger partial charge on any atom is -0.494 e. The van der Waals surface area contributed by atoms with Crippen molar-refractivity contribution in [2.24, 2.45) is 0 Å². The van der Waals surface area contributed by atoms with E-state index in [1.807, 2.05) is 241 Å². The van der Waals surface area contributed by atoms with Crippen molar-refractivity contribution in [2.75, 3.05) is 33.0 Å². The summed E-state index contributed by atoms with van der Waals surface area (Å²) >= 11 is 37.3. The molecule has 5 N–H and O–H groups in total. The van der Waals surface area contributed by atoms with Gasteiger partial charge in [-0.25, -0.2) is 0 Å². The topological polar surface area (TPSA) is 257 Å². The Labute approximate surface area is 822 Å². The summed E-state index contributed by atoms with van der Waals surface area (Å²) in [4.78, 5) is 55.7. The molecule has 0 amide bonds. The van der Waals surface area contributed by atoms with E-state index in [1.165, 1.54) is 5.39 Å². The lowest BCUT2D eigenvalue weighted by molar-refractivity contribution is -0.138. The average molecular weight is 1960 g/mol. The summed E-state index contributed by atoms with van der Waals surface area (Å²) < 4.78 is 38.5. The Kier molecular flexibility index (Phi) is 34.3. The molecule has 0 aliphatic heterocycles. The number of aliphatic carboxylic acids is 5. The molecule has 26 heteroatoms. The third kappa shape index (κ3) is 26.0. The summed E-state index contributed by atoms with van der Waals surface area (Å²) in [5.74, 6) is -0.0447. The fourth-order valence-corrected chi connectivity index (χ4v) is 18.5. The Bertz CT molecular complexity index is 7300. The molecule has 5 aromatic heterocycles. The van der Waals surface area contributed by atoms with Crippen molar-refractivity contribution < 1.29 is 73.2 Å². The Balaban J connectivity index is 0.000000137. The molecular weight excluding hydrogens is 1860 g/mol. The fourth-order valence-electron chi connectivity index (χ4n) is 17.3.